The summed E-state index contributed by atoms with van der Waals surface area (Å²) in [6.45, 7) is 3.48. The first-order chi connectivity index (χ1) is 9.29. The van der Waals surface area contributed by atoms with Crippen LogP contribution in [0.25, 0.3) is 0 Å². The minimum Gasteiger partial charge on any atom is -0.398 e. The summed E-state index contributed by atoms with van der Waals surface area (Å²) in [6, 6.07) is 6.48. The van der Waals surface area contributed by atoms with Crippen molar-refractivity contribution in [2.75, 3.05) is 10.5 Å². The summed E-state index contributed by atoms with van der Waals surface area (Å²) in [4.78, 5) is 3.87. The van der Waals surface area contributed by atoms with Crippen molar-refractivity contribution >= 4 is 21.4 Å². The Bertz CT molecular complexity index is 760. The van der Waals surface area contributed by atoms with Gasteiger partial charge in [-0.2, -0.15) is 0 Å². The van der Waals surface area contributed by atoms with E-state index in [-0.39, 0.29) is 10.6 Å². The Morgan fingerprint density at radius 1 is 1.20 bits per heavy atom. The molecule has 0 fully saturated rings. The minimum atomic E-state index is -3.96. The van der Waals surface area contributed by atoms with Crippen molar-refractivity contribution in [1.29, 1.82) is 0 Å². The quantitative estimate of drug-likeness (QED) is 0.850. The van der Waals surface area contributed by atoms with Gasteiger partial charge in [0, 0.05) is 5.69 Å². The van der Waals surface area contributed by atoms with E-state index in [9.17, 15) is 12.8 Å². The van der Waals surface area contributed by atoms with Crippen LogP contribution in [0.3, 0.4) is 0 Å². The summed E-state index contributed by atoms with van der Waals surface area (Å²) in [6.07, 6.45) is 0. The highest BCUT2D eigenvalue weighted by Crippen LogP contribution is 2.23. The molecule has 0 saturated carbocycles. The van der Waals surface area contributed by atoms with E-state index >= 15 is 0 Å². The molecule has 7 heteroatoms. The van der Waals surface area contributed by atoms with Crippen LogP contribution in [-0.4, -0.2) is 13.4 Å². The van der Waals surface area contributed by atoms with Gasteiger partial charge < -0.3 is 5.73 Å². The first kappa shape index (κ1) is 14.3. The lowest BCUT2D eigenvalue weighted by Crippen LogP contribution is -2.16. The minimum absolute atomic E-state index is 0.0170. The fraction of sp³-hybridized carbons (Fsp3) is 0.154. The number of rotatable bonds is 3. The molecule has 0 saturated heterocycles. The fourth-order valence-corrected chi connectivity index (χ4v) is 3.00. The summed E-state index contributed by atoms with van der Waals surface area (Å²) in [5.41, 5.74) is 7.21. The smallest absolute Gasteiger partial charge is 0.264 e. The van der Waals surface area contributed by atoms with Crippen LogP contribution in [-0.2, 0) is 10.0 Å². The van der Waals surface area contributed by atoms with Crippen molar-refractivity contribution in [2.45, 2.75) is 18.7 Å². The zero-order valence-electron chi connectivity index (χ0n) is 11.0. The van der Waals surface area contributed by atoms with Crippen LogP contribution in [0.2, 0.25) is 0 Å². The van der Waals surface area contributed by atoms with E-state index in [2.05, 4.69) is 9.71 Å². The van der Waals surface area contributed by atoms with Crippen LogP contribution >= 0.6 is 0 Å². The number of aryl methyl sites for hydroxylation is 2. The van der Waals surface area contributed by atoms with E-state index in [4.69, 9.17) is 5.73 Å². The molecule has 0 unspecified atom stereocenters. The molecule has 0 atom stereocenters. The number of aromatic nitrogens is 1. The predicted molar refractivity (Wildman–Crippen MR) is 75.3 cm³/mol. The van der Waals surface area contributed by atoms with Gasteiger partial charge in [0.05, 0.1) is 17.1 Å². The van der Waals surface area contributed by atoms with Crippen molar-refractivity contribution in [3.8, 4) is 0 Å². The summed E-state index contributed by atoms with van der Waals surface area (Å²) >= 11 is 0. The van der Waals surface area contributed by atoms with Gasteiger partial charge in [-0.15, -0.1) is 0 Å². The van der Waals surface area contributed by atoms with Gasteiger partial charge >= 0.3 is 0 Å². The van der Waals surface area contributed by atoms with E-state index in [0.717, 1.165) is 17.8 Å². The second-order valence-corrected chi connectivity index (χ2v) is 6.02. The molecule has 0 radical (unpaired) electrons. The van der Waals surface area contributed by atoms with Crippen molar-refractivity contribution in [3.05, 3.63) is 47.5 Å². The molecule has 20 heavy (non-hydrogen) atoms. The number of hydrogen-bond donors (Lipinski definition) is 2. The van der Waals surface area contributed by atoms with Crippen LogP contribution in [0.4, 0.5) is 15.8 Å². The lowest BCUT2D eigenvalue weighted by molar-refractivity contribution is 0.596. The van der Waals surface area contributed by atoms with E-state index < -0.39 is 15.8 Å². The third kappa shape index (κ3) is 2.88. The first-order valence-corrected chi connectivity index (χ1v) is 7.30. The van der Waals surface area contributed by atoms with E-state index in [1.165, 1.54) is 6.07 Å². The van der Waals surface area contributed by atoms with Crippen molar-refractivity contribution in [1.82, 2.24) is 4.98 Å². The zero-order chi connectivity index (χ0) is 14.9. The van der Waals surface area contributed by atoms with Gasteiger partial charge in [0.2, 0.25) is 0 Å². The van der Waals surface area contributed by atoms with Gasteiger partial charge in [0.25, 0.3) is 10.0 Å². The second-order valence-electron chi connectivity index (χ2n) is 4.37. The maximum atomic E-state index is 13.2. The third-order valence-corrected chi connectivity index (χ3v) is 4.16. The highest BCUT2D eigenvalue weighted by molar-refractivity contribution is 7.92. The van der Waals surface area contributed by atoms with E-state index in [1.54, 1.807) is 26.0 Å². The average Bonchev–Trinajstić information content (AvgIpc) is 2.35. The molecule has 106 valence electrons. The molecule has 0 aliphatic heterocycles. The number of hydrogen-bond acceptors (Lipinski definition) is 4. The Balaban J connectivity index is 2.43. The van der Waals surface area contributed by atoms with Crippen LogP contribution in [0.1, 0.15) is 11.4 Å². The molecule has 5 nitrogen and oxygen atoms in total. The highest BCUT2D eigenvalue weighted by Gasteiger charge is 2.19. The molecule has 1 aromatic heterocycles. The number of nitrogen functional groups attached to an aromatic ring is 1. The maximum Gasteiger partial charge on any atom is 0.264 e. The molecule has 2 rings (SSSR count). The number of nitrogens with one attached hydrogen (secondary N) is 1. The van der Waals surface area contributed by atoms with Crippen LogP contribution < -0.4 is 10.5 Å². The fourth-order valence-electron chi connectivity index (χ4n) is 1.74. The lowest BCUT2D eigenvalue weighted by Gasteiger charge is -2.12. The van der Waals surface area contributed by atoms with Crippen LogP contribution in [0.15, 0.2) is 35.2 Å². The molecule has 1 aromatic carbocycles. The highest BCUT2D eigenvalue weighted by atomic mass is 32.2. The number of pyridine rings is 1. The topological polar surface area (TPSA) is 85.1 Å². The molecule has 0 aliphatic rings. The largest absolute Gasteiger partial charge is 0.398 e. The molecule has 0 bridgehead atoms. The predicted octanol–water partition coefficient (Wildman–Crippen LogP) is 2.22. The SMILES string of the molecule is Cc1ccc(NS(=O)(=O)c2cc(F)ccc2N)c(C)n1. The summed E-state index contributed by atoms with van der Waals surface area (Å²) in [7, 11) is -3.96. The number of halogens is 1. The molecule has 1 heterocycles. The Kier molecular flexibility index (Phi) is 3.63. The Labute approximate surface area is 116 Å². The number of nitrogens with zero attached hydrogens (tertiary/aromatic N) is 1. The summed E-state index contributed by atoms with van der Waals surface area (Å²) in [5, 5.41) is 0. The van der Waals surface area contributed by atoms with E-state index in [0.29, 0.717) is 11.4 Å². The van der Waals surface area contributed by atoms with Gasteiger partial charge in [0.1, 0.15) is 10.7 Å². The van der Waals surface area contributed by atoms with E-state index in [1.807, 2.05) is 0 Å². The average molecular weight is 295 g/mol. The lowest BCUT2D eigenvalue weighted by atomic mass is 10.3. The molecule has 0 aliphatic carbocycles. The Hall–Kier alpha value is -2.15. The summed E-state index contributed by atoms with van der Waals surface area (Å²) in [5.74, 6) is -0.668. The van der Waals surface area contributed by atoms with Crippen molar-refractivity contribution in [2.24, 2.45) is 0 Å². The molecular formula is C13H14FN3O2S. The van der Waals surface area contributed by atoms with Gasteiger partial charge in [0.15, 0.2) is 0 Å². The van der Waals surface area contributed by atoms with Gasteiger partial charge in [-0.3, -0.25) is 9.71 Å². The number of sulfonamides is 1. The number of nitrogens with two attached hydrogens (primary N) is 1. The van der Waals surface area contributed by atoms with Crippen LogP contribution in [0, 0.1) is 19.7 Å². The monoisotopic (exact) mass is 295 g/mol. The first-order valence-electron chi connectivity index (χ1n) is 5.82. The molecule has 2 aromatic rings. The third-order valence-electron chi connectivity index (χ3n) is 2.73. The van der Waals surface area contributed by atoms with Crippen molar-refractivity contribution < 1.29 is 12.8 Å². The second kappa shape index (κ2) is 5.09. The number of anilines is 2. The van der Waals surface area contributed by atoms with Gasteiger partial charge in [-0.25, -0.2) is 12.8 Å². The summed E-state index contributed by atoms with van der Waals surface area (Å²) < 4.78 is 40.0. The normalized spacial score (nSPS) is 11.3. The molecule has 3 N–H and O–H groups in total. The van der Waals surface area contributed by atoms with Crippen LogP contribution in [0.5, 0.6) is 0 Å². The Morgan fingerprint density at radius 3 is 2.55 bits per heavy atom. The number of benzene rings is 1. The molecule has 0 amide bonds. The standard InChI is InChI=1S/C13H14FN3O2S/c1-8-3-6-12(9(2)16-8)17-20(18,19)13-7-10(14)4-5-11(13)15/h3-7,17H,15H2,1-2H3. The zero-order valence-corrected chi connectivity index (χ0v) is 11.8. The van der Waals surface area contributed by atoms with Crippen molar-refractivity contribution in [3.63, 3.8) is 0 Å². The van der Waals surface area contributed by atoms with Gasteiger partial charge in [-0.1, -0.05) is 0 Å². The Morgan fingerprint density at radius 2 is 1.90 bits per heavy atom. The molecule has 0 spiro atoms. The maximum absolute atomic E-state index is 13.2. The van der Waals surface area contributed by atoms with Gasteiger partial charge in [-0.05, 0) is 44.2 Å². The molecular weight excluding hydrogens is 281 g/mol.